The van der Waals surface area contributed by atoms with Gasteiger partial charge in [0, 0.05) is 5.92 Å². The van der Waals surface area contributed by atoms with Crippen LogP contribution in [0.5, 0.6) is 0 Å². The summed E-state index contributed by atoms with van der Waals surface area (Å²) in [4.78, 5) is 0. The molecule has 1 radical (unpaired) electrons. The summed E-state index contributed by atoms with van der Waals surface area (Å²) >= 11 is 0. The quantitative estimate of drug-likeness (QED) is 0.476. The van der Waals surface area contributed by atoms with Crippen molar-refractivity contribution in [2.75, 3.05) is 0 Å². The summed E-state index contributed by atoms with van der Waals surface area (Å²) in [5.74, 6) is 3.94. The van der Waals surface area contributed by atoms with Crippen molar-refractivity contribution in [2.45, 2.75) is 32.1 Å². The van der Waals surface area contributed by atoms with E-state index in [9.17, 15) is 0 Å². The zero-order valence-corrected chi connectivity index (χ0v) is 6.27. The molecule has 0 aromatic rings. The maximum absolute atomic E-state index is 2.50. The zero-order valence-electron chi connectivity index (χ0n) is 6.27. The van der Waals surface area contributed by atoms with Gasteiger partial charge in [-0.05, 0) is 43.9 Å². The lowest BCUT2D eigenvalue weighted by atomic mass is 9.86. The molecular weight excluding hydrogens is 120 g/mol. The smallest absolute Gasteiger partial charge is 0.00115 e. The predicted octanol–water partition coefficient (Wildman–Crippen LogP) is 2.71. The van der Waals surface area contributed by atoms with Crippen LogP contribution in [0.15, 0.2) is 11.6 Å². The summed E-state index contributed by atoms with van der Waals surface area (Å²) in [6, 6.07) is 0. The van der Waals surface area contributed by atoms with Gasteiger partial charge >= 0.3 is 0 Å². The normalized spacial score (nSPS) is 44.2. The number of rotatable bonds is 0. The van der Waals surface area contributed by atoms with Crippen molar-refractivity contribution in [1.82, 2.24) is 0 Å². The van der Waals surface area contributed by atoms with Crippen LogP contribution in [0, 0.1) is 17.8 Å². The van der Waals surface area contributed by atoms with E-state index in [1.807, 2.05) is 5.92 Å². The van der Waals surface area contributed by atoms with Gasteiger partial charge in [0.2, 0.25) is 0 Å². The molecule has 0 amide bonds. The van der Waals surface area contributed by atoms with E-state index in [4.69, 9.17) is 0 Å². The summed E-state index contributed by atoms with van der Waals surface area (Å²) in [6.07, 6.45) is 9.77. The lowest BCUT2D eigenvalue weighted by molar-refractivity contribution is 0.408. The van der Waals surface area contributed by atoms with E-state index in [0.29, 0.717) is 0 Å². The SMILES string of the molecule is C1=C2[C]3CCC(C3)C2CC1. The molecule has 0 aromatic carbocycles. The first-order valence-electron chi connectivity index (χ1n) is 4.50. The molecule has 2 fully saturated rings. The number of allylic oxidation sites excluding steroid dienone is 2. The van der Waals surface area contributed by atoms with Gasteiger partial charge in [-0.15, -0.1) is 0 Å². The van der Waals surface area contributed by atoms with Gasteiger partial charge in [0.1, 0.15) is 0 Å². The lowest BCUT2D eigenvalue weighted by Gasteiger charge is -2.19. The van der Waals surface area contributed by atoms with E-state index in [0.717, 1.165) is 11.8 Å². The van der Waals surface area contributed by atoms with Crippen molar-refractivity contribution >= 4 is 0 Å². The Morgan fingerprint density at radius 3 is 3.20 bits per heavy atom. The number of hydrogen-bond donors (Lipinski definition) is 0. The first-order valence-corrected chi connectivity index (χ1v) is 4.50. The molecule has 0 aliphatic heterocycles. The van der Waals surface area contributed by atoms with Crippen LogP contribution in [-0.4, -0.2) is 0 Å². The molecule has 2 bridgehead atoms. The second kappa shape index (κ2) is 1.66. The minimum atomic E-state index is 1.03. The fourth-order valence-corrected chi connectivity index (χ4v) is 3.11. The molecule has 3 aliphatic carbocycles. The highest BCUT2D eigenvalue weighted by Gasteiger charge is 2.44. The molecule has 10 heavy (non-hydrogen) atoms. The van der Waals surface area contributed by atoms with Gasteiger partial charge in [-0.1, -0.05) is 11.6 Å². The average molecular weight is 133 g/mol. The Balaban J connectivity index is 2.03. The maximum atomic E-state index is 2.50. The molecule has 0 spiro atoms. The van der Waals surface area contributed by atoms with Gasteiger partial charge in [0.25, 0.3) is 0 Å². The molecule has 0 nitrogen and oxygen atoms in total. The highest BCUT2D eigenvalue weighted by molar-refractivity contribution is 5.38. The van der Waals surface area contributed by atoms with E-state index < -0.39 is 0 Å². The number of fused-ring (bicyclic) bond motifs is 5. The Hall–Kier alpha value is -0.260. The maximum Gasteiger partial charge on any atom is 0.00115 e. The van der Waals surface area contributed by atoms with E-state index in [1.165, 1.54) is 32.1 Å². The van der Waals surface area contributed by atoms with E-state index in [1.54, 1.807) is 5.57 Å². The van der Waals surface area contributed by atoms with Gasteiger partial charge in [-0.3, -0.25) is 0 Å². The summed E-state index contributed by atoms with van der Waals surface area (Å²) in [7, 11) is 0. The number of hydrogen-bond acceptors (Lipinski definition) is 0. The van der Waals surface area contributed by atoms with Crippen LogP contribution in [0.2, 0.25) is 0 Å². The van der Waals surface area contributed by atoms with Crippen molar-refractivity contribution in [2.24, 2.45) is 11.8 Å². The molecule has 0 saturated heterocycles. The highest BCUT2D eigenvalue weighted by atomic mass is 14.5. The van der Waals surface area contributed by atoms with Gasteiger partial charge < -0.3 is 0 Å². The zero-order chi connectivity index (χ0) is 6.55. The van der Waals surface area contributed by atoms with Gasteiger partial charge in [-0.25, -0.2) is 0 Å². The fourth-order valence-electron chi connectivity index (χ4n) is 3.11. The molecule has 0 heterocycles. The van der Waals surface area contributed by atoms with E-state index in [2.05, 4.69) is 6.08 Å². The second-order valence-corrected chi connectivity index (χ2v) is 3.95. The van der Waals surface area contributed by atoms with Crippen LogP contribution in [0.3, 0.4) is 0 Å². The first-order chi connectivity index (χ1) is 4.95. The molecule has 0 aromatic heterocycles. The van der Waals surface area contributed by atoms with Crippen LogP contribution in [0.25, 0.3) is 0 Å². The van der Waals surface area contributed by atoms with Gasteiger partial charge in [-0.2, -0.15) is 0 Å². The van der Waals surface area contributed by atoms with E-state index >= 15 is 0 Å². The summed E-state index contributed by atoms with van der Waals surface area (Å²) in [5.41, 5.74) is 1.79. The molecule has 53 valence electrons. The Morgan fingerprint density at radius 2 is 2.30 bits per heavy atom. The molecule has 2 saturated carbocycles. The van der Waals surface area contributed by atoms with Crippen LogP contribution in [0.4, 0.5) is 0 Å². The molecule has 2 atom stereocenters. The topological polar surface area (TPSA) is 0 Å². The largest absolute Gasteiger partial charge is 0.0844 e. The van der Waals surface area contributed by atoms with Crippen molar-refractivity contribution in [3.8, 4) is 0 Å². The molecule has 3 aliphatic rings. The van der Waals surface area contributed by atoms with Crippen LogP contribution in [0.1, 0.15) is 32.1 Å². The minimum Gasteiger partial charge on any atom is -0.0844 e. The average Bonchev–Trinajstić information content (AvgIpc) is 2.60. The Labute approximate surface area is 62.3 Å². The third-order valence-corrected chi connectivity index (χ3v) is 3.54. The third kappa shape index (κ3) is 0.492. The lowest BCUT2D eigenvalue weighted by Crippen LogP contribution is -2.08. The van der Waals surface area contributed by atoms with Crippen molar-refractivity contribution in [1.29, 1.82) is 0 Å². The molecule has 0 heteroatoms. The van der Waals surface area contributed by atoms with Gasteiger partial charge in [0.15, 0.2) is 0 Å². The Kier molecular flexibility index (Phi) is 0.898. The fraction of sp³-hybridized carbons (Fsp3) is 0.700. The summed E-state index contributed by atoms with van der Waals surface area (Å²) in [5, 5.41) is 0. The van der Waals surface area contributed by atoms with E-state index in [-0.39, 0.29) is 0 Å². The highest BCUT2D eigenvalue weighted by Crippen LogP contribution is 2.57. The molecular formula is C10H13. The molecule has 0 N–H and O–H groups in total. The summed E-state index contributed by atoms with van der Waals surface area (Å²) in [6.45, 7) is 0. The Morgan fingerprint density at radius 1 is 1.30 bits per heavy atom. The second-order valence-electron chi connectivity index (χ2n) is 3.95. The monoisotopic (exact) mass is 133 g/mol. The standard InChI is InChI=1S/C10H13/c1-2-9-7-4-5-8(6-7)10(9)3-1/h2,8,10H,1,3-6H2. The molecule has 3 rings (SSSR count). The third-order valence-electron chi connectivity index (χ3n) is 3.54. The Bertz CT molecular complexity index is 190. The van der Waals surface area contributed by atoms with Crippen molar-refractivity contribution < 1.29 is 0 Å². The minimum absolute atomic E-state index is 1.03. The van der Waals surface area contributed by atoms with Crippen LogP contribution in [-0.2, 0) is 0 Å². The molecule has 2 unspecified atom stereocenters. The van der Waals surface area contributed by atoms with Crippen molar-refractivity contribution in [3.05, 3.63) is 17.6 Å². The van der Waals surface area contributed by atoms with Gasteiger partial charge in [0.05, 0.1) is 0 Å². The van der Waals surface area contributed by atoms with Crippen molar-refractivity contribution in [3.63, 3.8) is 0 Å². The predicted molar refractivity (Wildman–Crippen MR) is 41.4 cm³/mol. The first kappa shape index (κ1) is 5.40. The van der Waals surface area contributed by atoms with Crippen LogP contribution >= 0.6 is 0 Å². The van der Waals surface area contributed by atoms with Crippen LogP contribution < -0.4 is 0 Å². The summed E-state index contributed by atoms with van der Waals surface area (Å²) < 4.78 is 0.